The first-order valence-electron chi connectivity index (χ1n) is 5.64. The van der Waals surface area contributed by atoms with Gasteiger partial charge in [0.15, 0.2) is 17.7 Å². The number of nitrogens with zero attached hydrogens (tertiary/aromatic N) is 4. The zero-order chi connectivity index (χ0) is 12.3. The fourth-order valence-corrected chi connectivity index (χ4v) is 2.43. The van der Waals surface area contributed by atoms with Gasteiger partial charge in [0.25, 0.3) is 0 Å². The van der Waals surface area contributed by atoms with Crippen LogP contribution < -0.4 is 5.73 Å². The predicted octanol–water partition coefficient (Wildman–Crippen LogP) is -0.934. The number of aliphatic hydroxyl groups excluding tert-OH is 1. The van der Waals surface area contributed by atoms with Gasteiger partial charge < -0.3 is 20.3 Å². The van der Waals surface area contributed by atoms with Crippen LogP contribution in [-0.4, -0.2) is 49.5 Å². The van der Waals surface area contributed by atoms with E-state index >= 15 is 0 Å². The summed E-state index contributed by atoms with van der Waals surface area (Å²) in [4.78, 5) is 12.2. The lowest BCUT2D eigenvalue weighted by molar-refractivity contribution is -0.0823. The molecule has 0 saturated carbocycles. The van der Waals surface area contributed by atoms with Crippen molar-refractivity contribution in [2.24, 2.45) is 0 Å². The van der Waals surface area contributed by atoms with Gasteiger partial charge in [-0.25, -0.2) is 15.0 Å². The zero-order valence-electron chi connectivity index (χ0n) is 9.30. The van der Waals surface area contributed by atoms with Gasteiger partial charge in [-0.15, -0.1) is 0 Å². The summed E-state index contributed by atoms with van der Waals surface area (Å²) in [6, 6.07) is 0. The van der Waals surface area contributed by atoms with Gasteiger partial charge >= 0.3 is 0 Å². The number of hydrogen-bond donors (Lipinski definition) is 2. The molecule has 3 N–H and O–H groups in total. The van der Waals surface area contributed by atoms with Crippen LogP contribution in [0.5, 0.6) is 0 Å². The molecule has 18 heavy (non-hydrogen) atoms. The van der Waals surface area contributed by atoms with Crippen LogP contribution >= 0.6 is 0 Å². The maximum atomic E-state index is 9.16. The molecule has 2 aromatic heterocycles. The number of aliphatic hydroxyl groups is 1. The summed E-state index contributed by atoms with van der Waals surface area (Å²) in [6.07, 6.45) is 2.33. The van der Waals surface area contributed by atoms with Crippen molar-refractivity contribution in [2.45, 2.75) is 24.5 Å². The molecule has 8 nitrogen and oxygen atoms in total. The third kappa shape index (κ3) is 1.22. The highest BCUT2D eigenvalue weighted by molar-refractivity contribution is 5.81. The molecule has 2 aromatic rings. The summed E-state index contributed by atoms with van der Waals surface area (Å²) in [7, 11) is 0. The lowest BCUT2D eigenvalue weighted by Gasteiger charge is -2.17. The lowest BCUT2D eigenvalue weighted by Crippen LogP contribution is -2.22. The van der Waals surface area contributed by atoms with Crippen LogP contribution in [0.2, 0.25) is 0 Å². The van der Waals surface area contributed by atoms with E-state index in [-0.39, 0.29) is 31.1 Å². The average Bonchev–Trinajstić information content (AvgIpc) is 2.91. The number of imidazole rings is 1. The van der Waals surface area contributed by atoms with Gasteiger partial charge in [0.1, 0.15) is 30.2 Å². The van der Waals surface area contributed by atoms with E-state index in [9.17, 15) is 0 Å². The molecule has 1 unspecified atom stereocenters. The van der Waals surface area contributed by atoms with Crippen LogP contribution in [0.25, 0.3) is 11.2 Å². The number of hydrogen-bond acceptors (Lipinski definition) is 7. The molecule has 0 aliphatic carbocycles. The Bertz CT molecular complexity index is 615. The number of nitrogen functional groups attached to an aromatic ring is 1. The number of fused-ring (bicyclic) bond motifs is 2. The number of ether oxygens (including phenoxy) is 2. The Morgan fingerprint density at radius 1 is 1.28 bits per heavy atom. The van der Waals surface area contributed by atoms with Gasteiger partial charge in [-0.2, -0.15) is 0 Å². The molecule has 0 aromatic carbocycles. The van der Waals surface area contributed by atoms with Gasteiger partial charge in [0, 0.05) is 0 Å². The van der Waals surface area contributed by atoms with Crippen molar-refractivity contribution in [3.05, 3.63) is 12.7 Å². The number of rotatable bonds is 2. The zero-order valence-corrected chi connectivity index (χ0v) is 9.30. The maximum Gasteiger partial charge on any atom is 0.167 e. The van der Waals surface area contributed by atoms with Crippen molar-refractivity contribution >= 4 is 17.0 Å². The monoisotopic (exact) mass is 249 g/mol. The summed E-state index contributed by atoms with van der Waals surface area (Å²) in [5, 5.41) is 9.16. The molecular weight excluding hydrogens is 238 g/mol. The Hall–Kier alpha value is -1.77. The second kappa shape index (κ2) is 3.37. The number of aromatic nitrogens is 4. The molecule has 2 saturated heterocycles. The molecule has 4 atom stereocenters. The smallest absolute Gasteiger partial charge is 0.167 e. The van der Waals surface area contributed by atoms with E-state index in [0.29, 0.717) is 17.0 Å². The fraction of sp³-hybridized carbons (Fsp3) is 0.500. The van der Waals surface area contributed by atoms with Gasteiger partial charge in [0.05, 0.1) is 12.9 Å². The molecule has 0 spiro atoms. The SMILES string of the molecule is Nc1ncnc2c1ncn2[C@@H]1O[C@H](CO)C2O[C@@H]21. The van der Waals surface area contributed by atoms with Crippen LogP contribution in [0.3, 0.4) is 0 Å². The normalized spacial score (nSPS) is 33.8. The average molecular weight is 249 g/mol. The molecule has 0 bridgehead atoms. The van der Waals surface area contributed by atoms with Crippen LogP contribution in [0.15, 0.2) is 12.7 Å². The number of anilines is 1. The second-order valence-electron chi connectivity index (χ2n) is 4.40. The number of epoxide rings is 1. The molecule has 4 heterocycles. The molecule has 2 aliphatic heterocycles. The molecule has 4 rings (SSSR count). The Morgan fingerprint density at radius 3 is 2.94 bits per heavy atom. The van der Waals surface area contributed by atoms with Crippen molar-refractivity contribution in [3.8, 4) is 0 Å². The topological polar surface area (TPSA) is 112 Å². The summed E-state index contributed by atoms with van der Waals surface area (Å²) in [6.45, 7) is -0.0541. The fourth-order valence-electron chi connectivity index (χ4n) is 2.43. The van der Waals surface area contributed by atoms with Crippen molar-refractivity contribution in [1.29, 1.82) is 0 Å². The van der Waals surface area contributed by atoms with Gasteiger partial charge in [-0.3, -0.25) is 4.57 Å². The molecule has 0 radical (unpaired) electrons. The van der Waals surface area contributed by atoms with Crippen LogP contribution in [0.1, 0.15) is 6.23 Å². The Balaban J connectivity index is 1.78. The number of nitrogens with two attached hydrogens (primary N) is 1. The maximum absolute atomic E-state index is 9.16. The molecular formula is C10H11N5O3. The van der Waals surface area contributed by atoms with E-state index in [0.717, 1.165) is 0 Å². The van der Waals surface area contributed by atoms with E-state index < -0.39 is 0 Å². The summed E-state index contributed by atoms with van der Waals surface area (Å²) in [5.74, 6) is 0.337. The Labute approximate surface area is 101 Å². The highest BCUT2D eigenvalue weighted by Crippen LogP contribution is 2.45. The minimum absolute atomic E-state index is 0.0309. The first-order valence-corrected chi connectivity index (χ1v) is 5.64. The Morgan fingerprint density at radius 2 is 2.17 bits per heavy atom. The largest absolute Gasteiger partial charge is 0.394 e. The Kier molecular flexibility index (Phi) is 1.91. The van der Waals surface area contributed by atoms with E-state index in [2.05, 4.69) is 15.0 Å². The van der Waals surface area contributed by atoms with Crippen molar-refractivity contribution in [3.63, 3.8) is 0 Å². The van der Waals surface area contributed by atoms with E-state index in [1.54, 1.807) is 10.9 Å². The van der Waals surface area contributed by atoms with Crippen LogP contribution in [-0.2, 0) is 9.47 Å². The van der Waals surface area contributed by atoms with Crippen LogP contribution in [0, 0.1) is 0 Å². The lowest BCUT2D eigenvalue weighted by atomic mass is 10.2. The minimum Gasteiger partial charge on any atom is -0.394 e. The third-order valence-corrected chi connectivity index (χ3v) is 3.36. The third-order valence-electron chi connectivity index (χ3n) is 3.36. The standard InChI is InChI=1S/C10H11N5O3/c11-8-5-9(13-2-12-8)15(3-14-5)10-7-6(18-7)4(1-16)17-10/h2-4,6-7,10,16H,1H2,(H2,11,12,13)/t4-,6?,7+,10-/m1/s1. The quantitative estimate of drug-likeness (QED) is 0.661. The van der Waals surface area contributed by atoms with E-state index in [1.807, 2.05) is 0 Å². The summed E-state index contributed by atoms with van der Waals surface area (Å²) < 4.78 is 12.9. The minimum atomic E-state index is -0.313. The first kappa shape index (κ1) is 10.2. The first-order chi connectivity index (χ1) is 8.79. The van der Waals surface area contributed by atoms with Crippen molar-refractivity contribution < 1.29 is 14.6 Å². The van der Waals surface area contributed by atoms with Gasteiger partial charge in [0.2, 0.25) is 0 Å². The molecule has 2 fully saturated rings. The summed E-state index contributed by atoms with van der Waals surface area (Å²) in [5.41, 5.74) is 6.89. The molecule has 0 amide bonds. The highest BCUT2D eigenvalue weighted by atomic mass is 16.7. The van der Waals surface area contributed by atoms with Crippen molar-refractivity contribution in [1.82, 2.24) is 19.5 Å². The molecule has 2 aliphatic rings. The van der Waals surface area contributed by atoms with Crippen molar-refractivity contribution in [2.75, 3.05) is 12.3 Å². The second-order valence-corrected chi connectivity index (χ2v) is 4.40. The van der Waals surface area contributed by atoms with Crippen LogP contribution in [0.4, 0.5) is 5.82 Å². The van der Waals surface area contributed by atoms with Gasteiger partial charge in [-0.1, -0.05) is 0 Å². The molecule has 94 valence electrons. The predicted molar refractivity (Wildman–Crippen MR) is 59.4 cm³/mol. The summed E-state index contributed by atoms with van der Waals surface area (Å²) >= 11 is 0. The van der Waals surface area contributed by atoms with E-state index in [4.69, 9.17) is 20.3 Å². The molecule has 8 heteroatoms. The van der Waals surface area contributed by atoms with E-state index in [1.165, 1.54) is 6.33 Å². The highest BCUT2D eigenvalue weighted by Gasteiger charge is 2.58. The van der Waals surface area contributed by atoms with Gasteiger partial charge in [-0.05, 0) is 0 Å².